The fraction of sp³-hybridized carbons (Fsp3) is 0.444. The fourth-order valence-electron chi connectivity index (χ4n) is 1.07. The van der Waals surface area contributed by atoms with Gasteiger partial charge in [0.05, 0.1) is 6.61 Å². The second-order valence-electron chi connectivity index (χ2n) is 2.87. The van der Waals surface area contributed by atoms with E-state index >= 15 is 0 Å². The molecule has 72 valence electrons. The van der Waals surface area contributed by atoms with Gasteiger partial charge in [-0.15, -0.1) is 0 Å². The normalized spacial score (nSPS) is 12.5. The summed E-state index contributed by atoms with van der Waals surface area (Å²) in [4.78, 5) is 3.89. The molecule has 4 heteroatoms. The second-order valence-corrected chi connectivity index (χ2v) is 3.26. The lowest BCUT2D eigenvalue weighted by atomic mass is 10.3. The zero-order valence-corrected chi connectivity index (χ0v) is 8.51. The predicted molar refractivity (Wildman–Crippen MR) is 54.2 cm³/mol. The first-order valence-electron chi connectivity index (χ1n) is 4.09. The van der Waals surface area contributed by atoms with Crippen LogP contribution in [-0.2, 0) is 4.74 Å². The highest BCUT2D eigenvalue weighted by molar-refractivity contribution is 6.29. The van der Waals surface area contributed by atoms with Gasteiger partial charge in [0.15, 0.2) is 0 Å². The summed E-state index contributed by atoms with van der Waals surface area (Å²) in [5, 5.41) is 3.73. The average Bonchev–Trinajstić information content (AvgIpc) is 2.04. The Morgan fingerprint density at radius 2 is 2.46 bits per heavy atom. The summed E-state index contributed by atoms with van der Waals surface area (Å²) < 4.78 is 4.99. The van der Waals surface area contributed by atoms with E-state index in [4.69, 9.17) is 16.3 Å². The Bertz CT molecular complexity index is 268. The van der Waals surface area contributed by atoms with Crippen LogP contribution >= 0.6 is 11.6 Å². The van der Waals surface area contributed by atoms with Crippen molar-refractivity contribution in [3.63, 3.8) is 0 Å². The van der Waals surface area contributed by atoms with Gasteiger partial charge in [-0.25, -0.2) is 4.98 Å². The summed E-state index contributed by atoms with van der Waals surface area (Å²) in [5.74, 6) is 0. The second kappa shape index (κ2) is 5.04. The minimum absolute atomic E-state index is 0.267. The first kappa shape index (κ1) is 10.3. The number of pyridine rings is 1. The van der Waals surface area contributed by atoms with Crippen LogP contribution in [0.25, 0.3) is 0 Å². The molecular formula is C9H13ClN2O. The minimum Gasteiger partial charge on any atom is -0.383 e. The molecule has 0 fully saturated rings. The quantitative estimate of drug-likeness (QED) is 0.757. The lowest BCUT2D eigenvalue weighted by molar-refractivity contribution is 0.190. The molecule has 1 rings (SSSR count). The molecule has 0 aliphatic heterocycles. The van der Waals surface area contributed by atoms with Gasteiger partial charge in [-0.2, -0.15) is 0 Å². The number of halogens is 1. The van der Waals surface area contributed by atoms with Crippen molar-refractivity contribution in [3.05, 3.63) is 23.5 Å². The van der Waals surface area contributed by atoms with Crippen molar-refractivity contribution in [1.29, 1.82) is 0 Å². The van der Waals surface area contributed by atoms with Gasteiger partial charge in [-0.1, -0.05) is 11.6 Å². The van der Waals surface area contributed by atoms with E-state index in [1.807, 2.05) is 13.0 Å². The molecule has 0 amide bonds. The van der Waals surface area contributed by atoms with E-state index < -0.39 is 0 Å². The molecule has 0 saturated carbocycles. The van der Waals surface area contributed by atoms with Crippen molar-refractivity contribution in [2.75, 3.05) is 19.0 Å². The number of anilines is 1. The van der Waals surface area contributed by atoms with Crippen molar-refractivity contribution in [1.82, 2.24) is 4.98 Å². The van der Waals surface area contributed by atoms with Crippen molar-refractivity contribution < 1.29 is 4.74 Å². The van der Waals surface area contributed by atoms with Gasteiger partial charge >= 0.3 is 0 Å². The lowest BCUT2D eigenvalue weighted by Crippen LogP contribution is -2.20. The predicted octanol–water partition coefficient (Wildman–Crippen LogP) is 2.18. The number of hydrogen-bond donors (Lipinski definition) is 1. The van der Waals surface area contributed by atoms with E-state index in [0.717, 1.165) is 5.69 Å². The summed E-state index contributed by atoms with van der Waals surface area (Å²) >= 11 is 5.72. The molecule has 0 saturated heterocycles. The maximum atomic E-state index is 5.72. The lowest BCUT2D eigenvalue weighted by Gasteiger charge is -2.13. The Balaban J connectivity index is 2.53. The average molecular weight is 201 g/mol. The molecule has 0 aliphatic carbocycles. The van der Waals surface area contributed by atoms with Gasteiger partial charge in [-0.3, -0.25) is 0 Å². The molecule has 0 aliphatic rings. The molecule has 1 N–H and O–H groups in total. The Morgan fingerprint density at radius 3 is 3.08 bits per heavy atom. The van der Waals surface area contributed by atoms with E-state index in [0.29, 0.717) is 11.8 Å². The van der Waals surface area contributed by atoms with Gasteiger partial charge in [-0.05, 0) is 19.1 Å². The van der Waals surface area contributed by atoms with E-state index in [9.17, 15) is 0 Å². The molecule has 1 heterocycles. The highest BCUT2D eigenvalue weighted by Gasteiger charge is 2.00. The van der Waals surface area contributed by atoms with Crippen LogP contribution in [-0.4, -0.2) is 24.7 Å². The molecule has 13 heavy (non-hydrogen) atoms. The van der Waals surface area contributed by atoms with Gasteiger partial charge in [0.2, 0.25) is 0 Å². The first-order chi connectivity index (χ1) is 6.22. The van der Waals surface area contributed by atoms with Crippen LogP contribution in [0.1, 0.15) is 6.92 Å². The number of ether oxygens (including phenoxy) is 1. The molecule has 0 aromatic carbocycles. The third-order valence-electron chi connectivity index (χ3n) is 1.56. The van der Waals surface area contributed by atoms with Crippen molar-refractivity contribution >= 4 is 17.3 Å². The number of aromatic nitrogens is 1. The highest BCUT2D eigenvalue weighted by atomic mass is 35.5. The van der Waals surface area contributed by atoms with Crippen molar-refractivity contribution in [2.24, 2.45) is 0 Å². The van der Waals surface area contributed by atoms with Gasteiger partial charge in [0, 0.05) is 25.0 Å². The molecule has 1 atom stereocenters. The summed E-state index contributed by atoms with van der Waals surface area (Å²) in [6, 6.07) is 3.93. The van der Waals surface area contributed by atoms with Crippen LogP contribution in [0, 0.1) is 0 Å². The highest BCUT2D eigenvalue weighted by Crippen LogP contribution is 2.12. The summed E-state index contributed by atoms with van der Waals surface area (Å²) in [6.45, 7) is 2.71. The minimum atomic E-state index is 0.267. The summed E-state index contributed by atoms with van der Waals surface area (Å²) in [5.41, 5.74) is 0.963. The van der Waals surface area contributed by atoms with Crippen LogP contribution in [0.2, 0.25) is 5.15 Å². The van der Waals surface area contributed by atoms with Crippen molar-refractivity contribution in [3.8, 4) is 0 Å². The first-order valence-corrected chi connectivity index (χ1v) is 4.47. The third kappa shape index (κ3) is 3.61. The Kier molecular flexibility index (Phi) is 3.99. The maximum absolute atomic E-state index is 5.72. The topological polar surface area (TPSA) is 34.1 Å². The van der Waals surface area contributed by atoms with E-state index in [1.54, 1.807) is 19.4 Å². The number of nitrogens with one attached hydrogen (secondary N) is 1. The standard InChI is InChI=1S/C9H13ClN2O/c1-7(6-13-2)12-8-3-4-11-9(10)5-8/h3-5,7H,6H2,1-2H3,(H,11,12)/t7-/m0/s1. The SMILES string of the molecule is COC[C@H](C)Nc1ccnc(Cl)c1. The number of hydrogen-bond acceptors (Lipinski definition) is 3. The smallest absolute Gasteiger partial charge is 0.131 e. The van der Waals surface area contributed by atoms with Crippen LogP contribution in [0.3, 0.4) is 0 Å². The van der Waals surface area contributed by atoms with E-state index in [1.165, 1.54) is 0 Å². The largest absolute Gasteiger partial charge is 0.383 e. The number of methoxy groups -OCH3 is 1. The van der Waals surface area contributed by atoms with E-state index in [-0.39, 0.29) is 6.04 Å². The van der Waals surface area contributed by atoms with Crippen LogP contribution in [0.4, 0.5) is 5.69 Å². The molecule has 0 radical (unpaired) electrons. The Labute approximate surface area is 83.1 Å². The zero-order valence-electron chi connectivity index (χ0n) is 7.75. The molecule has 0 spiro atoms. The molecule has 0 unspecified atom stereocenters. The maximum Gasteiger partial charge on any atom is 0.131 e. The molecule has 0 bridgehead atoms. The molecular weight excluding hydrogens is 188 g/mol. The Morgan fingerprint density at radius 1 is 1.69 bits per heavy atom. The van der Waals surface area contributed by atoms with Crippen molar-refractivity contribution in [2.45, 2.75) is 13.0 Å². The van der Waals surface area contributed by atoms with Crippen LogP contribution < -0.4 is 5.32 Å². The number of rotatable bonds is 4. The zero-order chi connectivity index (χ0) is 9.68. The monoisotopic (exact) mass is 200 g/mol. The van der Waals surface area contributed by atoms with Gasteiger partial charge < -0.3 is 10.1 Å². The molecule has 1 aromatic rings. The fourth-order valence-corrected chi connectivity index (χ4v) is 1.24. The van der Waals surface area contributed by atoms with Crippen LogP contribution in [0.5, 0.6) is 0 Å². The van der Waals surface area contributed by atoms with E-state index in [2.05, 4.69) is 10.3 Å². The third-order valence-corrected chi connectivity index (χ3v) is 1.76. The molecule has 1 aromatic heterocycles. The van der Waals surface area contributed by atoms with Gasteiger partial charge in [0.25, 0.3) is 0 Å². The summed E-state index contributed by atoms with van der Waals surface area (Å²) in [7, 11) is 1.68. The Hall–Kier alpha value is -0.800. The molecule has 3 nitrogen and oxygen atoms in total. The van der Waals surface area contributed by atoms with Gasteiger partial charge in [0.1, 0.15) is 5.15 Å². The van der Waals surface area contributed by atoms with Crippen LogP contribution in [0.15, 0.2) is 18.3 Å². The number of nitrogens with zero attached hydrogens (tertiary/aromatic N) is 1. The summed E-state index contributed by atoms with van der Waals surface area (Å²) in [6.07, 6.45) is 1.67.